The van der Waals surface area contributed by atoms with E-state index in [4.69, 9.17) is 4.74 Å². The second kappa shape index (κ2) is 5.38. The highest BCUT2D eigenvalue weighted by molar-refractivity contribution is 5.31. The topological polar surface area (TPSA) is 9.23 Å². The average Bonchev–Trinajstić information content (AvgIpc) is 2.17. The summed E-state index contributed by atoms with van der Waals surface area (Å²) in [5, 5.41) is 0. The molecule has 1 nitrogen and oxygen atoms in total. The van der Waals surface area contributed by atoms with Crippen LogP contribution in [0.25, 0.3) is 0 Å². The van der Waals surface area contributed by atoms with E-state index in [1.54, 1.807) is 0 Å². The molecule has 90 valence electrons. The fraction of sp³-hybridized carbons (Fsp3) is 0.600. The van der Waals surface area contributed by atoms with Crippen molar-refractivity contribution in [3.63, 3.8) is 0 Å². The van der Waals surface area contributed by atoms with Crippen LogP contribution in [0.3, 0.4) is 0 Å². The molecule has 16 heavy (non-hydrogen) atoms. The zero-order chi connectivity index (χ0) is 12.2. The van der Waals surface area contributed by atoms with E-state index in [-0.39, 0.29) is 11.5 Å². The Hall–Kier alpha value is -0.980. The Morgan fingerprint density at radius 3 is 2.12 bits per heavy atom. The van der Waals surface area contributed by atoms with E-state index < -0.39 is 0 Å². The van der Waals surface area contributed by atoms with Crippen molar-refractivity contribution in [2.75, 3.05) is 0 Å². The molecule has 0 unspecified atom stereocenters. The normalized spacial score (nSPS) is 11.9. The quantitative estimate of drug-likeness (QED) is 0.707. The van der Waals surface area contributed by atoms with Gasteiger partial charge in [-0.3, -0.25) is 0 Å². The molecule has 0 heterocycles. The van der Waals surface area contributed by atoms with Crippen molar-refractivity contribution < 1.29 is 4.74 Å². The summed E-state index contributed by atoms with van der Waals surface area (Å²) in [4.78, 5) is 0. The largest absolute Gasteiger partial charge is 0.491 e. The van der Waals surface area contributed by atoms with Crippen LogP contribution in [0.1, 0.15) is 53.0 Å². The lowest BCUT2D eigenvalue weighted by atomic mass is 9.81. The second-order valence-corrected chi connectivity index (χ2v) is 5.32. The minimum absolute atomic E-state index is 0.245. The van der Waals surface area contributed by atoms with E-state index >= 15 is 0 Å². The molecule has 0 aromatic heterocycles. The predicted molar refractivity (Wildman–Crippen MR) is 70.1 cm³/mol. The summed E-state index contributed by atoms with van der Waals surface area (Å²) in [7, 11) is 0. The van der Waals surface area contributed by atoms with E-state index in [2.05, 4.69) is 58.9 Å². The van der Waals surface area contributed by atoms with Crippen molar-refractivity contribution in [3.05, 3.63) is 29.8 Å². The highest BCUT2D eigenvalue weighted by Gasteiger charge is 2.18. The number of hydrogen-bond acceptors (Lipinski definition) is 1. The first-order valence-electron chi connectivity index (χ1n) is 6.23. The van der Waals surface area contributed by atoms with Crippen molar-refractivity contribution in [2.45, 2.75) is 59.0 Å². The Balaban J connectivity index is 2.78. The van der Waals surface area contributed by atoms with Crippen molar-refractivity contribution in [1.82, 2.24) is 0 Å². The first-order valence-corrected chi connectivity index (χ1v) is 6.23. The molecule has 0 amide bonds. The predicted octanol–water partition coefficient (Wildman–Crippen LogP) is 4.55. The fourth-order valence-corrected chi connectivity index (χ4v) is 2.03. The standard InChI is InChI=1S/C15H24O/c1-6-11-15(4,5)13-7-9-14(10-8-13)16-12(2)3/h7-10,12H,6,11H2,1-5H3. The third kappa shape index (κ3) is 3.55. The molecular weight excluding hydrogens is 196 g/mol. The number of rotatable bonds is 5. The zero-order valence-electron chi connectivity index (χ0n) is 11.2. The van der Waals surface area contributed by atoms with E-state index in [1.807, 2.05) is 0 Å². The minimum atomic E-state index is 0.245. The Kier molecular flexibility index (Phi) is 4.40. The van der Waals surface area contributed by atoms with Gasteiger partial charge in [-0.2, -0.15) is 0 Å². The molecule has 0 saturated carbocycles. The van der Waals surface area contributed by atoms with Crippen LogP contribution in [0.2, 0.25) is 0 Å². The lowest BCUT2D eigenvalue weighted by Gasteiger charge is -2.25. The van der Waals surface area contributed by atoms with Crippen LogP contribution in [0, 0.1) is 0 Å². The van der Waals surface area contributed by atoms with Gasteiger partial charge in [0.05, 0.1) is 6.10 Å². The van der Waals surface area contributed by atoms with Gasteiger partial charge in [-0.15, -0.1) is 0 Å². The SMILES string of the molecule is CCCC(C)(C)c1ccc(OC(C)C)cc1. The fourth-order valence-electron chi connectivity index (χ4n) is 2.03. The molecule has 0 atom stereocenters. The van der Waals surface area contributed by atoms with E-state index in [0.29, 0.717) is 0 Å². The van der Waals surface area contributed by atoms with Gasteiger partial charge in [0.2, 0.25) is 0 Å². The molecule has 0 aliphatic rings. The van der Waals surface area contributed by atoms with E-state index in [0.717, 1.165) is 5.75 Å². The molecule has 1 aromatic rings. The summed E-state index contributed by atoms with van der Waals surface area (Å²) in [6, 6.07) is 8.53. The number of ether oxygens (including phenoxy) is 1. The van der Waals surface area contributed by atoms with Gasteiger partial charge in [0.15, 0.2) is 0 Å². The van der Waals surface area contributed by atoms with Gasteiger partial charge in [0.1, 0.15) is 5.75 Å². The van der Waals surface area contributed by atoms with Gasteiger partial charge in [-0.05, 0) is 43.4 Å². The number of benzene rings is 1. The molecule has 1 aromatic carbocycles. The molecule has 0 aliphatic heterocycles. The summed E-state index contributed by atoms with van der Waals surface area (Å²) < 4.78 is 5.64. The monoisotopic (exact) mass is 220 g/mol. The van der Waals surface area contributed by atoms with Crippen molar-refractivity contribution in [3.8, 4) is 5.75 Å². The molecule has 0 radical (unpaired) electrons. The van der Waals surface area contributed by atoms with Crippen molar-refractivity contribution in [2.24, 2.45) is 0 Å². The second-order valence-electron chi connectivity index (χ2n) is 5.32. The minimum Gasteiger partial charge on any atom is -0.491 e. The molecule has 0 N–H and O–H groups in total. The summed E-state index contributed by atoms with van der Waals surface area (Å²) in [5.74, 6) is 0.964. The van der Waals surface area contributed by atoms with Gasteiger partial charge >= 0.3 is 0 Å². The van der Waals surface area contributed by atoms with E-state index in [9.17, 15) is 0 Å². The molecule has 1 rings (SSSR count). The first kappa shape index (κ1) is 13.1. The Morgan fingerprint density at radius 1 is 1.12 bits per heavy atom. The third-order valence-electron chi connectivity index (χ3n) is 2.88. The van der Waals surface area contributed by atoms with Crippen LogP contribution in [0.4, 0.5) is 0 Å². The Bertz CT molecular complexity index is 309. The van der Waals surface area contributed by atoms with Gasteiger partial charge < -0.3 is 4.74 Å². The number of hydrogen-bond donors (Lipinski definition) is 0. The van der Waals surface area contributed by atoms with Crippen LogP contribution in [0.5, 0.6) is 5.75 Å². The molecule has 0 aliphatic carbocycles. The zero-order valence-corrected chi connectivity index (χ0v) is 11.2. The van der Waals surface area contributed by atoms with Crippen LogP contribution in [-0.2, 0) is 5.41 Å². The van der Waals surface area contributed by atoms with Gasteiger partial charge in [0, 0.05) is 0 Å². The Labute approximate surface area is 99.8 Å². The van der Waals surface area contributed by atoms with Crippen molar-refractivity contribution in [1.29, 1.82) is 0 Å². The first-order chi connectivity index (χ1) is 7.45. The summed E-state index contributed by atoms with van der Waals surface area (Å²) >= 11 is 0. The van der Waals surface area contributed by atoms with Gasteiger partial charge in [-0.25, -0.2) is 0 Å². The highest BCUT2D eigenvalue weighted by atomic mass is 16.5. The maximum absolute atomic E-state index is 5.64. The lowest BCUT2D eigenvalue weighted by molar-refractivity contribution is 0.242. The van der Waals surface area contributed by atoms with Gasteiger partial charge in [-0.1, -0.05) is 39.3 Å². The smallest absolute Gasteiger partial charge is 0.119 e. The van der Waals surface area contributed by atoms with Gasteiger partial charge in [0.25, 0.3) is 0 Å². The van der Waals surface area contributed by atoms with Crippen LogP contribution >= 0.6 is 0 Å². The van der Waals surface area contributed by atoms with E-state index in [1.165, 1.54) is 18.4 Å². The molecular formula is C15H24O. The lowest BCUT2D eigenvalue weighted by Crippen LogP contribution is -2.16. The van der Waals surface area contributed by atoms with Crippen LogP contribution < -0.4 is 4.74 Å². The molecule has 0 spiro atoms. The highest BCUT2D eigenvalue weighted by Crippen LogP contribution is 2.29. The maximum atomic E-state index is 5.64. The summed E-state index contributed by atoms with van der Waals surface area (Å²) in [6.07, 6.45) is 2.68. The molecule has 0 saturated heterocycles. The van der Waals surface area contributed by atoms with Crippen LogP contribution in [0.15, 0.2) is 24.3 Å². The summed E-state index contributed by atoms with van der Waals surface area (Å²) in [6.45, 7) is 10.9. The Morgan fingerprint density at radius 2 is 1.69 bits per heavy atom. The molecule has 0 fully saturated rings. The molecule has 1 heteroatoms. The molecule has 0 bridgehead atoms. The van der Waals surface area contributed by atoms with Crippen molar-refractivity contribution >= 4 is 0 Å². The summed E-state index contributed by atoms with van der Waals surface area (Å²) in [5.41, 5.74) is 1.66. The third-order valence-corrected chi connectivity index (χ3v) is 2.88. The average molecular weight is 220 g/mol. The van der Waals surface area contributed by atoms with Crippen LogP contribution in [-0.4, -0.2) is 6.10 Å². The maximum Gasteiger partial charge on any atom is 0.119 e.